The van der Waals surface area contributed by atoms with Gasteiger partial charge in [-0.05, 0) is 62.4 Å². The molecule has 0 aliphatic heterocycles. The van der Waals surface area contributed by atoms with Gasteiger partial charge in [-0.3, -0.25) is 4.79 Å². The van der Waals surface area contributed by atoms with Crippen LogP contribution in [-0.2, 0) is 22.6 Å². The summed E-state index contributed by atoms with van der Waals surface area (Å²) in [7, 11) is 1.65. The number of benzene rings is 1. The largest absolute Gasteiger partial charge is 0.497 e. The minimum atomic E-state index is -0.352. The Hall–Kier alpha value is -2.76. The number of ether oxygens (including phenoxy) is 2. The SMILES string of the molecule is CCOC(=O)c1[nH]c(C)c(CN(Cc2ccc(OC)cc2)C(=O)C2CCCCC2)c1C. The van der Waals surface area contributed by atoms with Gasteiger partial charge in [0.25, 0.3) is 0 Å². The molecule has 6 heteroatoms. The monoisotopic (exact) mass is 426 g/mol. The highest BCUT2D eigenvalue weighted by atomic mass is 16.5. The molecule has 1 saturated carbocycles. The summed E-state index contributed by atoms with van der Waals surface area (Å²) in [6, 6.07) is 7.84. The first-order valence-corrected chi connectivity index (χ1v) is 11.2. The van der Waals surface area contributed by atoms with Crippen molar-refractivity contribution in [3.05, 3.63) is 52.3 Å². The van der Waals surface area contributed by atoms with Crippen LogP contribution in [0, 0.1) is 19.8 Å². The average Bonchev–Trinajstić information content (AvgIpc) is 3.07. The number of nitrogens with zero attached hydrogens (tertiary/aromatic N) is 1. The zero-order chi connectivity index (χ0) is 22.4. The number of rotatable bonds is 8. The van der Waals surface area contributed by atoms with E-state index in [0.717, 1.165) is 53.8 Å². The zero-order valence-corrected chi connectivity index (χ0v) is 19.1. The topological polar surface area (TPSA) is 71.6 Å². The van der Waals surface area contributed by atoms with Gasteiger partial charge in [0.1, 0.15) is 11.4 Å². The maximum atomic E-state index is 13.5. The number of carbonyl (C=O) groups is 2. The Balaban J connectivity index is 1.87. The molecule has 1 aliphatic carbocycles. The van der Waals surface area contributed by atoms with Gasteiger partial charge in [0.2, 0.25) is 5.91 Å². The number of carbonyl (C=O) groups excluding carboxylic acids is 2. The van der Waals surface area contributed by atoms with Crippen molar-refractivity contribution in [2.45, 2.75) is 66.0 Å². The number of aromatic amines is 1. The molecule has 0 bridgehead atoms. The fraction of sp³-hybridized carbons (Fsp3) is 0.520. The van der Waals surface area contributed by atoms with Crippen LogP contribution in [0.25, 0.3) is 0 Å². The van der Waals surface area contributed by atoms with Crippen LogP contribution in [0.15, 0.2) is 24.3 Å². The Kier molecular flexibility index (Phi) is 7.77. The number of esters is 1. The standard InChI is InChI=1S/C25H34N2O4/c1-5-31-25(29)23-17(2)22(18(3)26-23)16-27(24(28)20-9-7-6-8-10-20)15-19-11-13-21(30-4)14-12-19/h11-14,20,26H,5-10,15-16H2,1-4H3. The van der Waals surface area contributed by atoms with E-state index in [0.29, 0.717) is 25.4 Å². The van der Waals surface area contributed by atoms with E-state index in [9.17, 15) is 9.59 Å². The smallest absolute Gasteiger partial charge is 0.355 e. The molecule has 1 aromatic heterocycles. The van der Waals surface area contributed by atoms with Crippen molar-refractivity contribution >= 4 is 11.9 Å². The molecule has 1 amide bonds. The van der Waals surface area contributed by atoms with E-state index in [1.807, 2.05) is 43.0 Å². The highest BCUT2D eigenvalue weighted by Crippen LogP contribution is 2.28. The van der Waals surface area contributed by atoms with Gasteiger partial charge in [-0.25, -0.2) is 4.79 Å². The van der Waals surface area contributed by atoms with E-state index in [2.05, 4.69) is 4.98 Å². The summed E-state index contributed by atoms with van der Waals surface area (Å²) >= 11 is 0. The molecular weight excluding hydrogens is 392 g/mol. The summed E-state index contributed by atoms with van der Waals surface area (Å²) in [5.74, 6) is 0.726. The molecule has 0 atom stereocenters. The first-order chi connectivity index (χ1) is 14.9. The lowest BCUT2D eigenvalue weighted by molar-refractivity contribution is -0.137. The number of hydrogen-bond donors (Lipinski definition) is 1. The fourth-order valence-electron chi connectivity index (χ4n) is 4.40. The lowest BCUT2D eigenvalue weighted by Crippen LogP contribution is -2.36. The minimum absolute atomic E-state index is 0.0797. The molecule has 6 nitrogen and oxygen atoms in total. The van der Waals surface area contributed by atoms with Crippen LogP contribution in [0.4, 0.5) is 0 Å². The Morgan fingerprint density at radius 3 is 2.35 bits per heavy atom. The number of hydrogen-bond acceptors (Lipinski definition) is 4. The predicted molar refractivity (Wildman–Crippen MR) is 120 cm³/mol. The summed E-state index contributed by atoms with van der Waals surface area (Å²) in [6.45, 7) is 6.98. The summed E-state index contributed by atoms with van der Waals surface area (Å²) in [6.07, 6.45) is 5.35. The number of amides is 1. The molecule has 0 unspecified atom stereocenters. The van der Waals surface area contributed by atoms with Crippen LogP contribution in [-0.4, -0.2) is 35.5 Å². The molecular formula is C25H34N2O4. The van der Waals surface area contributed by atoms with Gasteiger partial charge in [-0.15, -0.1) is 0 Å². The number of H-pyrrole nitrogens is 1. The van der Waals surface area contributed by atoms with Gasteiger partial charge in [0.05, 0.1) is 13.7 Å². The molecule has 1 aromatic carbocycles. The van der Waals surface area contributed by atoms with Crippen molar-refractivity contribution in [2.75, 3.05) is 13.7 Å². The number of aryl methyl sites for hydroxylation is 1. The van der Waals surface area contributed by atoms with Gasteiger partial charge >= 0.3 is 5.97 Å². The highest BCUT2D eigenvalue weighted by Gasteiger charge is 2.28. The minimum Gasteiger partial charge on any atom is -0.497 e. The van der Waals surface area contributed by atoms with E-state index in [4.69, 9.17) is 9.47 Å². The van der Waals surface area contributed by atoms with Crippen LogP contribution < -0.4 is 4.74 Å². The van der Waals surface area contributed by atoms with Gasteiger partial charge in [0, 0.05) is 24.7 Å². The van der Waals surface area contributed by atoms with Crippen molar-refractivity contribution in [3.8, 4) is 5.75 Å². The number of methoxy groups -OCH3 is 1. The van der Waals surface area contributed by atoms with Crippen LogP contribution in [0.3, 0.4) is 0 Å². The second kappa shape index (κ2) is 10.5. The third-order valence-corrected chi connectivity index (χ3v) is 6.22. The van der Waals surface area contributed by atoms with E-state index in [-0.39, 0.29) is 17.8 Å². The Morgan fingerprint density at radius 1 is 1.06 bits per heavy atom. The maximum absolute atomic E-state index is 13.5. The van der Waals surface area contributed by atoms with Crippen molar-refractivity contribution in [3.63, 3.8) is 0 Å². The molecule has 1 fully saturated rings. The first-order valence-electron chi connectivity index (χ1n) is 11.2. The predicted octanol–water partition coefficient (Wildman–Crippen LogP) is 4.93. The normalized spacial score (nSPS) is 14.3. The third-order valence-electron chi connectivity index (χ3n) is 6.22. The molecule has 168 valence electrons. The van der Waals surface area contributed by atoms with Gasteiger partial charge in [0.15, 0.2) is 0 Å². The van der Waals surface area contributed by atoms with E-state index in [1.165, 1.54) is 6.42 Å². The summed E-state index contributed by atoms with van der Waals surface area (Å²) in [5, 5.41) is 0. The molecule has 3 rings (SSSR count). The van der Waals surface area contributed by atoms with Crippen molar-refractivity contribution in [1.29, 1.82) is 0 Å². The Morgan fingerprint density at radius 2 is 1.74 bits per heavy atom. The molecule has 31 heavy (non-hydrogen) atoms. The van der Waals surface area contributed by atoms with Crippen molar-refractivity contribution in [1.82, 2.24) is 9.88 Å². The fourth-order valence-corrected chi connectivity index (χ4v) is 4.40. The quantitative estimate of drug-likeness (QED) is 0.608. The second-order valence-electron chi connectivity index (χ2n) is 8.33. The third kappa shape index (κ3) is 5.49. The van der Waals surface area contributed by atoms with Crippen molar-refractivity contribution < 1.29 is 19.1 Å². The van der Waals surface area contributed by atoms with E-state index >= 15 is 0 Å². The molecule has 0 saturated heterocycles. The lowest BCUT2D eigenvalue weighted by atomic mass is 9.88. The summed E-state index contributed by atoms with van der Waals surface area (Å²) < 4.78 is 10.4. The molecule has 1 heterocycles. The highest BCUT2D eigenvalue weighted by molar-refractivity contribution is 5.90. The maximum Gasteiger partial charge on any atom is 0.355 e. The summed E-state index contributed by atoms with van der Waals surface area (Å²) in [5.41, 5.74) is 4.27. The van der Waals surface area contributed by atoms with E-state index < -0.39 is 0 Å². The average molecular weight is 427 g/mol. The molecule has 0 radical (unpaired) electrons. The molecule has 1 aliphatic rings. The second-order valence-corrected chi connectivity index (χ2v) is 8.33. The molecule has 2 aromatic rings. The lowest BCUT2D eigenvalue weighted by Gasteiger charge is -2.30. The Labute approximate surface area is 184 Å². The van der Waals surface area contributed by atoms with Crippen LogP contribution in [0.2, 0.25) is 0 Å². The van der Waals surface area contributed by atoms with Gasteiger partial charge in [-0.1, -0.05) is 31.4 Å². The zero-order valence-electron chi connectivity index (χ0n) is 19.1. The molecule has 0 spiro atoms. The summed E-state index contributed by atoms with van der Waals surface area (Å²) in [4.78, 5) is 30.9. The van der Waals surface area contributed by atoms with Crippen molar-refractivity contribution in [2.24, 2.45) is 5.92 Å². The Bertz CT molecular complexity index is 895. The van der Waals surface area contributed by atoms with Gasteiger partial charge < -0.3 is 19.4 Å². The van der Waals surface area contributed by atoms with Gasteiger partial charge in [-0.2, -0.15) is 0 Å². The number of aromatic nitrogens is 1. The van der Waals surface area contributed by atoms with E-state index in [1.54, 1.807) is 14.0 Å². The molecule has 1 N–H and O–H groups in total. The van der Waals surface area contributed by atoms with Crippen LogP contribution >= 0.6 is 0 Å². The van der Waals surface area contributed by atoms with Crippen LogP contribution in [0.5, 0.6) is 5.75 Å². The number of nitrogens with one attached hydrogen (secondary N) is 1. The first kappa shape index (κ1) is 22.9. The van der Waals surface area contributed by atoms with Crippen LogP contribution in [0.1, 0.15) is 71.9 Å².